The van der Waals surface area contributed by atoms with Gasteiger partial charge in [-0.15, -0.1) is 0 Å². The first-order valence-corrected chi connectivity index (χ1v) is 6.15. The first kappa shape index (κ1) is 12.3. The molecule has 3 aromatic rings. The van der Waals surface area contributed by atoms with Crippen LogP contribution >= 0.6 is 0 Å². The lowest BCUT2D eigenvalue weighted by molar-refractivity contribution is 0.102. The van der Waals surface area contributed by atoms with Crippen LogP contribution in [-0.4, -0.2) is 15.3 Å². The van der Waals surface area contributed by atoms with E-state index in [0.717, 1.165) is 11.3 Å². The molecular formula is C15H12FN3O. The average molecular weight is 269 g/mol. The van der Waals surface area contributed by atoms with Gasteiger partial charge >= 0.3 is 0 Å². The molecular weight excluding hydrogens is 257 g/mol. The van der Waals surface area contributed by atoms with E-state index in [9.17, 15) is 9.18 Å². The standard InChI is InChI=1S/C15H12FN3O/c1-10-8-19-9-11(6-7-14(19)17-10)15(20)18-13-5-3-2-4-12(13)16/h2-9H,1H3,(H,18,20). The number of nitrogens with one attached hydrogen (secondary N) is 1. The molecule has 100 valence electrons. The molecule has 0 aliphatic carbocycles. The smallest absolute Gasteiger partial charge is 0.257 e. The van der Waals surface area contributed by atoms with Crippen LogP contribution in [0.5, 0.6) is 0 Å². The summed E-state index contributed by atoms with van der Waals surface area (Å²) in [4.78, 5) is 16.4. The van der Waals surface area contributed by atoms with Crippen LogP contribution in [0.1, 0.15) is 16.1 Å². The molecule has 4 nitrogen and oxygen atoms in total. The van der Waals surface area contributed by atoms with Gasteiger partial charge in [0.05, 0.1) is 16.9 Å². The number of carbonyl (C=O) groups excluding carboxylic acids is 1. The lowest BCUT2D eigenvalue weighted by Crippen LogP contribution is -2.13. The Morgan fingerprint density at radius 3 is 2.80 bits per heavy atom. The number of nitrogens with zero attached hydrogens (tertiary/aromatic N) is 2. The minimum atomic E-state index is -0.458. The van der Waals surface area contributed by atoms with E-state index >= 15 is 0 Å². The Hall–Kier alpha value is -2.69. The molecule has 0 unspecified atom stereocenters. The summed E-state index contributed by atoms with van der Waals surface area (Å²) in [5.74, 6) is -0.816. The number of halogens is 1. The highest BCUT2D eigenvalue weighted by molar-refractivity contribution is 6.04. The Balaban J connectivity index is 1.90. The highest BCUT2D eigenvalue weighted by atomic mass is 19.1. The number of pyridine rings is 1. The number of amides is 1. The lowest BCUT2D eigenvalue weighted by atomic mass is 10.2. The summed E-state index contributed by atoms with van der Waals surface area (Å²) >= 11 is 0. The van der Waals surface area contributed by atoms with Gasteiger partial charge in [0.2, 0.25) is 0 Å². The fourth-order valence-electron chi connectivity index (χ4n) is 2.01. The number of aryl methyl sites for hydroxylation is 1. The highest BCUT2D eigenvalue weighted by Crippen LogP contribution is 2.14. The maximum Gasteiger partial charge on any atom is 0.257 e. The second-order valence-corrected chi connectivity index (χ2v) is 4.50. The average Bonchev–Trinajstić information content (AvgIpc) is 2.80. The number of carbonyl (C=O) groups is 1. The van der Waals surface area contributed by atoms with Gasteiger partial charge < -0.3 is 9.72 Å². The van der Waals surface area contributed by atoms with E-state index in [1.54, 1.807) is 34.9 Å². The molecule has 0 radical (unpaired) electrons. The molecule has 1 amide bonds. The zero-order chi connectivity index (χ0) is 14.1. The van der Waals surface area contributed by atoms with E-state index < -0.39 is 5.82 Å². The van der Waals surface area contributed by atoms with Crippen LogP contribution in [0.25, 0.3) is 5.65 Å². The van der Waals surface area contributed by atoms with Crippen molar-refractivity contribution < 1.29 is 9.18 Å². The molecule has 0 saturated heterocycles. The minimum absolute atomic E-state index is 0.166. The van der Waals surface area contributed by atoms with Crippen LogP contribution in [0.3, 0.4) is 0 Å². The Labute approximate surface area is 114 Å². The normalized spacial score (nSPS) is 10.7. The molecule has 1 N–H and O–H groups in total. The van der Waals surface area contributed by atoms with Crippen LogP contribution in [-0.2, 0) is 0 Å². The largest absolute Gasteiger partial charge is 0.319 e. The third-order valence-electron chi connectivity index (χ3n) is 2.96. The predicted molar refractivity (Wildman–Crippen MR) is 74.3 cm³/mol. The topological polar surface area (TPSA) is 46.4 Å². The summed E-state index contributed by atoms with van der Waals surface area (Å²) in [6.07, 6.45) is 3.50. The maximum atomic E-state index is 13.5. The number of benzene rings is 1. The van der Waals surface area contributed by atoms with Gasteiger partial charge in [0.15, 0.2) is 0 Å². The minimum Gasteiger partial charge on any atom is -0.319 e. The van der Waals surface area contributed by atoms with E-state index in [1.807, 2.05) is 13.1 Å². The fourth-order valence-corrected chi connectivity index (χ4v) is 2.01. The van der Waals surface area contributed by atoms with E-state index in [1.165, 1.54) is 12.1 Å². The number of fused-ring (bicyclic) bond motifs is 1. The van der Waals surface area contributed by atoms with Crippen molar-refractivity contribution in [2.45, 2.75) is 6.92 Å². The molecule has 1 aromatic carbocycles. The molecule has 0 bridgehead atoms. The first-order valence-electron chi connectivity index (χ1n) is 6.15. The monoisotopic (exact) mass is 269 g/mol. The van der Waals surface area contributed by atoms with Crippen molar-refractivity contribution >= 4 is 17.2 Å². The van der Waals surface area contributed by atoms with Gasteiger partial charge in [-0.25, -0.2) is 9.37 Å². The van der Waals surface area contributed by atoms with Crippen molar-refractivity contribution in [2.24, 2.45) is 0 Å². The molecule has 5 heteroatoms. The van der Waals surface area contributed by atoms with Crippen LogP contribution in [0.15, 0.2) is 48.8 Å². The lowest BCUT2D eigenvalue weighted by Gasteiger charge is -2.06. The summed E-state index contributed by atoms with van der Waals surface area (Å²) in [6.45, 7) is 1.88. The van der Waals surface area contributed by atoms with Crippen molar-refractivity contribution in [1.82, 2.24) is 9.38 Å². The Kier molecular flexibility index (Phi) is 2.95. The van der Waals surface area contributed by atoms with Crippen LogP contribution in [0.4, 0.5) is 10.1 Å². The van der Waals surface area contributed by atoms with E-state index in [-0.39, 0.29) is 11.6 Å². The number of hydrogen-bond acceptors (Lipinski definition) is 2. The van der Waals surface area contributed by atoms with Gasteiger partial charge in [0.1, 0.15) is 11.5 Å². The van der Waals surface area contributed by atoms with Crippen molar-refractivity contribution in [2.75, 3.05) is 5.32 Å². The molecule has 0 aliphatic heterocycles. The molecule has 20 heavy (non-hydrogen) atoms. The van der Waals surface area contributed by atoms with Crippen LogP contribution in [0, 0.1) is 12.7 Å². The molecule has 3 rings (SSSR count). The highest BCUT2D eigenvalue weighted by Gasteiger charge is 2.10. The second-order valence-electron chi connectivity index (χ2n) is 4.50. The van der Waals surface area contributed by atoms with E-state index in [4.69, 9.17) is 0 Å². The van der Waals surface area contributed by atoms with Crippen molar-refractivity contribution in [3.63, 3.8) is 0 Å². The van der Waals surface area contributed by atoms with Crippen LogP contribution in [0.2, 0.25) is 0 Å². The quantitative estimate of drug-likeness (QED) is 0.777. The van der Waals surface area contributed by atoms with Gasteiger partial charge in [-0.2, -0.15) is 0 Å². The number of para-hydroxylation sites is 1. The van der Waals surface area contributed by atoms with Crippen LogP contribution < -0.4 is 5.32 Å². The molecule has 0 fully saturated rings. The van der Waals surface area contributed by atoms with Crippen molar-refractivity contribution in [3.8, 4) is 0 Å². The Morgan fingerprint density at radius 2 is 2.00 bits per heavy atom. The van der Waals surface area contributed by atoms with Crippen molar-refractivity contribution in [3.05, 3.63) is 65.9 Å². The third kappa shape index (κ3) is 2.25. The number of aromatic nitrogens is 2. The van der Waals surface area contributed by atoms with Gasteiger partial charge in [0.25, 0.3) is 5.91 Å². The summed E-state index contributed by atoms with van der Waals surface area (Å²) in [5.41, 5.74) is 2.25. The summed E-state index contributed by atoms with van der Waals surface area (Å²) in [7, 11) is 0. The van der Waals surface area contributed by atoms with Gasteiger partial charge in [-0.05, 0) is 31.2 Å². The Morgan fingerprint density at radius 1 is 1.20 bits per heavy atom. The molecule has 2 heterocycles. The SMILES string of the molecule is Cc1cn2cc(C(=O)Nc3ccccc3F)ccc2n1. The Bertz CT molecular complexity index is 795. The summed E-state index contributed by atoms with van der Waals surface area (Å²) < 4.78 is 15.3. The molecule has 2 aromatic heterocycles. The predicted octanol–water partition coefficient (Wildman–Crippen LogP) is 3.03. The van der Waals surface area contributed by atoms with Gasteiger partial charge in [0, 0.05) is 12.4 Å². The number of hydrogen-bond donors (Lipinski definition) is 1. The van der Waals surface area contributed by atoms with Crippen molar-refractivity contribution in [1.29, 1.82) is 0 Å². The number of anilines is 1. The molecule has 0 saturated carbocycles. The zero-order valence-electron chi connectivity index (χ0n) is 10.8. The molecule has 0 atom stereocenters. The molecule has 0 aliphatic rings. The number of rotatable bonds is 2. The zero-order valence-corrected chi connectivity index (χ0v) is 10.8. The van der Waals surface area contributed by atoms with E-state index in [2.05, 4.69) is 10.3 Å². The first-order chi connectivity index (χ1) is 9.63. The van der Waals surface area contributed by atoms with Gasteiger partial charge in [-0.1, -0.05) is 12.1 Å². The van der Waals surface area contributed by atoms with Gasteiger partial charge in [-0.3, -0.25) is 4.79 Å². The second kappa shape index (κ2) is 4.77. The summed E-state index contributed by atoms with van der Waals surface area (Å²) in [5, 5.41) is 2.55. The maximum absolute atomic E-state index is 13.5. The fraction of sp³-hybridized carbons (Fsp3) is 0.0667. The number of imidazole rings is 1. The summed E-state index contributed by atoms with van der Waals surface area (Å²) in [6, 6.07) is 9.48. The molecule has 0 spiro atoms. The third-order valence-corrected chi connectivity index (χ3v) is 2.96. The van der Waals surface area contributed by atoms with E-state index in [0.29, 0.717) is 5.56 Å².